The third-order valence-electron chi connectivity index (χ3n) is 2.75. The maximum absolute atomic E-state index is 13.5. The first-order valence-electron chi connectivity index (χ1n) is 5.68. The minimum atomic E-state index is -3.12. The van der Waals surface area contributed by atoms with Crippen LogP contribution in [-0.2, 0) is 4.74 Å². The van der Waals surface area contributed by atoms with Crippen LogP contribution < -0.4 is 0 Å². The largest absolute Gasteiger partial charge is 0.506 e. The number of ether oxygens (including phenoxy) is 1. The van der Waals surface area contributed by atoms with Gasteiger partial charge in [-0.05, 0) is 18.2 Å². The first kappa shape index (κ1) is 16.3. The maximum Gasteiger partial charge on any atom is 0.343 e. The van der Waals surface area contributed by atoms with Gasteiger partial charge in [-0.3, -0.25) is 0 Å². The molecule has 2 unspecified atom stereocenters. The molecule has 0 saturated carbocycles. The Bertz CT molecular complexity index is 701. The Balaban J connectivity index is 2.32. The summed E-state index contributed by atoms with van der Waals surface area (Å²) in [6.45, 7) is 0. The van der Waals surface area contributed by atoms with Crippen LogP contribution in [0.2, 0.25) is 5.02 Å². The third-order valence-corrected chi connectivity index (χ3v) is 3.06. The number of halogens is 6. The lowest BCUT2D eigenvalue weighted by molar-refractivity contribution is 0.0480. The van der Waals surface area contributed by atoms with E-state index in [1.54, 1.807) is 0 Å². The molecule has 0 saturated heterocycles. The fourth-order valence-electron chi connectivity index (χ4n) is 1.61. The molecular formula is C13H6ClF5O3. The van der Waals surface area contributed by atoms with E-state index in [2.05, 4.69) is 4.74 Å². The summed E-state index contributed by atoms with van der Waals surface area (Å²) in [7, 11) is 0. The molecule has 9 heteroatoms. The van der Waals surface area contributed by atoms with Crippen LogP contribution in [0.3, 0.4) is 0 Å². The van der Waals surface area contributed by atoms with Crippen molar-refractivity contribution in [2.24, 2.45) is 0 Å². The van der Waals surface area contributed by atoms with Gasteiger partial charge >= 0.3 is 5.97 Å². The summed E-state index contributed by atoms with van der Waals surface area (Å²) in [5, 5.41) is 8.91. The number of esters is 1. The van der Waals surface area contributed by atoms with Crippen LogP contribution >= 0.6 is 11.6 Å². The monoisotopic (exact) mass is 340 g/mol. The van der Waals surface area contributed by atoms with Crippen LogP contribution in [0.4, 0.5) is 22.0 Å². The van der Waals surface area contributed by atoms with Crippen LogP contribution in [0.15, 0.2) is 41.4 Å². The van der Waals surface area contributed by atoms with Gasteiger partial charge in [-0.2, -0.15) is 4.39 Å². The summed E-state index contributed by atoms with van der Waals surface area (Å²) in [5.41, 5.74) is -0.346. The number of aromatic hydroxyl groups is 1. The Kier molecular flexibility index (Phi) is 4.41. The SMILES string of the molecule is O=C(OC1=C(F)C(F)=C(F)C(F)C1F)c1ccc(O)c(Cl)c1. The Morgan fingerprint density at radius 1 is 1.14 bits per heavy atom. The number of rotatable bonds is 2. The van der Waals surface area contributed by atoms with Gasteiger partial charge in [-0.25, -0.2) is 22.4 Å². The van der Waals surface area contributed by atoms with Crippen molar-refractivity contribution in [3.8, 4) is 5.75 Å². The van der Waals surface area contributed by atoms with Gasteiger partial charge in [0.2, 0.25) is 5.83 Å². The van der Waals surface area contributed by atoms with Gasteiger partial charge in [-0.15, -0.1) is 0 Å². The number of phenolic OH excluding ortho intramolecular Hbond substituents is 1. The molecule has 0 bridgehead atoms. The lowest BCUT2D eigenvalue weighted by Gasteiger charge is -2.20. The molecule has 2 rings (SSSR count). The van der Waals surface area contributed by atoms with E-state index in [1.807, 2.05) is 0 Å². The van der Waals surface area contributed by atoms with Crippen LogP contribution in [-0.4, -0.2) is 23.4 Å². The molecule has 0 radical (unpaired) electrons. The highest BCUT2D eigenvalue weighted by atomic mass is 35.5. The quantitative estimate of drug-likeness (QED) is 0.647. The van der Waals surface area contributed by atoms with E-state index in [4.69, 9.17) is 16.7 Å². The number of benzene rings is 1. The van der Waals surface area contributed by atoms with Crippen molar-refractivity contribution in [1.82, 2.24) is 0 Å². The van der Waals surface area contributed by atoms with Crippen molar-refractivity contribution in [3.05, 3.63) is 52.0 Å². The van der Waals surface area contributed by atoms with Gasteiger partial charge in [0.1, 0.15) is 5.75 Å². The summed E-state index contributed by atoms with van der Waals surface area (Å²) >= 11 is 5.53. The van der Waals surface area contributed by atoms with Crippen LogP contribution in [0.5, 0.6) is 5.75 Å². The molecule has 0 fully saturated rings. The average molecular weight is 341 g/mol. The van der Waals surface area contributed by atoms with Crippen LogP contribution in [0, 0.1) is 0 Å². The lowest BCUT2D eigenvalue weighted by atomic mass is 10.1. The number of hydrogen-bond donors (Lipinski definition) is 1. The second-order valence-corrected chi connectivity index (χ2v) is 4.61. The molecule has 1 aliphatic carbocycles. The van der Waals surface area contributed by atoms with Gasteiger partial charge < -0.3 is 9.84 Å². The third kappa shape index (κ3) is 2.78. The molecule has 0 amide bonds. The number of carbonyl (C=O) groups excluding carboxylic acids is 1. The summed E-state index contributed by atoms with van der Waals surface area (Å²) in [5.74, 6) is -10.0. The zero-order chi connectivity index (χ0) is 16.6. The summed E-state index contributed by atoms with van der Waals surface area (Å²) in [6, 6.07) is 2.90. The maximum atomic E-state index is 13.5. The second-order valence-electron chi connectivity index (χ2n) is 4.20. The van der Waals surface area contributed by atoms with Crippen molar-refractivity contribution in [2.75, 3.05) is 0 Å². The summed E-state index contributed by atoms with van der Waals surface area (Å²) in [4.78, 5) is 11.7. The van der Waals surface area contributed by atoms with E-state index < -0.39 is 41.6 Å². The molecule has 1 aliphatic rings. The average Bonchev–Trinajstić information content (AvgIpc) is 2.50. The van der Waals surface area contributed by atoms with E-state index in [-0.39, 0.29) is 16.3 Å². The van der Waals surface area contributed by atoms with Gasteiger partial charge in [0.05, 0.1) is 10.6 Å². The van der Waals surface area contributed by atoms with Crippen molar-refractivity contribution >= 4 is 17.6 Å². The fourth-order valence-corrected chi connectivity index (χ4v) is 1.79. The molecule has 0 aliphatic heterocycles. The highest BCUT2D eigenvalue weighted by Crippen LogP contribution is 2.37. The molecule has 3 nitrogen and oxygen atoms in total. The highest BCUT2D eigenvalue weighted by Gasteiger charge is 2.42. The van der Waals surface area contributed by atoms with Crippen molar-refractivity contribution in [2.45, 2.75) is 12.3 Å². The fraction of sp³-hybridized carbons (Fsp3) is 0.154. The summed E-state index contributed by atoms with van der Waals surface area (Å²) in [6.07, 6.45) is -6.14. The normalized spacial score (nSPS) is 22.1. The number of hydrogen-bond acceptors (Lipinski definition) is 3. The Hall–Kier alpha value is -2.09. The van der Waals surface area contributed by atoms with Crippen molar-refractivity contribution in [3.63, 3.8) is 0 Å². The number of phenols is 1. The van der Waals surface area contributed by atoms with E-state index in [9.17, 15) is 26.7 Å². The van der Waals surface area contributed by atoms with Crippen molar-refractivity contribution in [1.29, 1.82) is 0 Å². The predicted molar refractivity (Wildman–Crippen MR) is 65.7 cm³/mol. The smallest absolute Gasteiger partial charge is 0.343 e. The molecule has 1 N–H and O–H groups in total. The van der Waals surface area contributed by atoms with Crippen molar-refractivity contribution < 1.29 is 36.6 Å². The molecule has 0 aromatic heterocycles. The minimum absolute atomic E-state index is 0.259. The second kappa shape index (κ2) is 5.96. The highest BCUT2D eigenvalue weighted by molar-refractivity contribution is 6.32. The van der Waals surface area contributed by atoms with E-state index in [0.717, 1.165) is 18.2 Å². The van der Waals surface area contributed by atoms with Gasteiger partial charge in [0.25, 0.3) is 0 Å². The Labute approximate surface area is 125 Å². The lowest BCUT2D eigenvalue weighted by Crippen LogP contribution is -2.28. The first-order valence-corrected chi connectivity index (χ1v) is 6.06. The predicted octanol–water partition coefficient (Wildman–Crippen LogP) is 4.22. The summed E-state index contributed by atoms with van der Waals surface area (Å²) < 4.78 is 70.1. The van der Waals surface area contributed by atoms with Gasteiger partial charge in [0.15, 0.2) is 29.8 Å². The molecule has 0 spiro atoms. The van der Waals surface area contributed by atoms with E-state index >= 15 is 0 Å². The topological polar surface area (TPSA) is 46.5 Å². The molecule has 118 valence electrons. The first-order chi connectivity index (χ1) is 10.2. The Morgan fingerprint density at radius 2 is 1.77 bits per heavy atom. The molecular weight excluding hydrogens is 335 g/mol. The standard InChI is InChI=1S/C13H6ClF5O3/c14-5-3-4(1-2-6(5)20)13(21)22-12-10(18)8(16)7(15)9(17)11(12)19/h1-3,8,10,20H. The van der Waals surface area contributed by atoms with Gasteiger partial charge in [0, 0.05) is 0 Å². The molecule has 1 aromatic carbocycles. The van der Waals surface area contributed by atoms with Gasteiger partial charge in [-0.1, -0.05) is 11.6 Å². The number of allylic oxidation sites excluding steroid dienone is 4. The number of alkyl halides is 2. The Morgan fingerprint density at radius 3 is 2.36 bits per heavy atom. The zero-order valence-electron chi connectivity index (χ0n) is 10.4. The molecule has 2 atom stereocenters. The van der Waals surface area contributed by atoms with E-state index in [1.165, 1.54) is 0 Å². The molecule has 0 heterocycles. The van der Waals surface area contributed by atoms with Crippen LogP contribution in [0.25, 0.3) is 0 Å². The van der Waals surface area contributed by atoms with Crippen LogP contribution in [0.1, 0.15) is 10.4 Å². The zero-order valence-corrected chi connectivity index (χ0v) is 11.2. The molecule has 1 aromatic rings. The number of carbonyl (C=O) groups is 1. The van der Waals surface area contributed by atoms with E-state index in [0.29, 0.717) is 0 Å². The minimum Gasteiger partial charge on any atom is -0.506 e. The molecule has 22 heavy (non-hydrogen) atoms.